The van der Waals surface area contributed by atoms with Gasteiger partial charge in [0.1, 0.15) is 23.9 Å². The predicted molar refractivity (Wildman–Crippen MR) is 139 cm³/mol. The summed E-state index contributed by atoms with van der Waals surface area (Å²) in [6.45, 7) is 2.53. The lowest BCUT2D eigenvalue weighted by Crippen LogP contribution is -2.25. The highest BCUT2D eigenvalue weighted by Gasteiger charge is 2.11. The molecule has 0 amide bonds. The van der Waals surface area contributed by atoms with E-state index in [1.54, 1.807) is 6.07 Å². The molecular weight excluding hydrogens is 438 g/mol. The molecule has 184 valence electrons. The molecular formula is C30H35NO4. The second-order valence-electron chi connectivity index (χ2n) is 8.95. The molecule has 35 heavy (non-hydrogen) atoms. The van der Waals surface area contributed by atoms with Gasteiger partial charge in [-0.05, 0) is 77.9 Å². The molecule has 0 atom stereocenters. The first kappa shape index (κ1) is 25.0. The molecule has 0 bridgehead atoms. The zero-order chi connectivity index (χ0) is 24.3. The summed E-state index contributed by atoms with van der Waals surface area (Å²) in [5.41, 5.74) is 2.57. The molecule has 0 fully saturated rings. The van der Waals surface area contributed by atoms with Crippen LogP contribution in [0.2, 0.25) is 0 Å². The van der Waals surface area contributed by atoms with E-state index in [9.17, 15) is 10.2 Å². The standard InChI is InChI=1S/C30H35NO4/c32-17-16-31(22-29-14-15-30(23-33)35-29)21-25-10-11-27-20-28(13-12-26(27)19-25)34-18-6-2-5-9-24-7-3-1-4-8-24/h1,3-4,7-8,10-15,19-20,32-33H,2,5-6,9,16-18,21-23H2. The summed E-state index contributed by atoms with van der Waals surface area (Å²) in [4.78, 5) is 2.14. The SMILES string of the molecule is OCCN(Cc1ccc2cc(OCCCCCc3ccccc3)ccc2c1)Cc1ccc(CO)o1. The van der Waals surface area contributed by atoms with Crippen LogP contribution < -0.4 is 4.74 Å². The molecule has 0 saturated heterocycles. The summed E-state index contributed by atoms with van der Waals surface area (Å²) < 4.78 is 11.6. The van der Waals surface area contributed by atoms with E-state index in [0.29, 0.717) is 25.4 Å². The molecule has 0 aliphatic rings. The minimum atomic E-state index is -0.107. The van der Waals surface area contributed by atoms with Crippen LogP contribution in [-0.4, -0.2) is 34.9 Å². The Labute approximate surface area is 207 Å². The molecule has 4 rings (SSSR count). The van der Waals surface area contributed by atoms with Crippen molar-refractivity contribution in [3.8, 4) is 5.75 Å². The van der Waals surface area contributed by atoms with Crippen LogP contribution in [0.4, 0.5) is 0 Å². The Morgan fingerprint density at radius 1 is 0.714 bits per heavy atom. The quantitative estimate of drug-likeness (QED) is 0.230. The van der Waals surface area contributed by atoms with Crippen molar-refractivity contribution >= 4 is 10.8 Å². The molecule has 4 aromatic rings. The third kappa shape index (κ3) is 7.69. The van der Waals surface area contributed by atoms with Gasteiger partial charge in [-0.15, -0.1) is 0 Å². The smallest absolute Gasteiger partial charge is 0.129 e. The van der Waals surface area contributed by atoms with Gasteiger partial charge in [-0.2, -0.15) is 0 Å². The van der Waals surface area contributed by atoms with Crippen molar-refractivity contribution in [1.29, 1.82) is 0 Å². The number of fused-ring (bicyclic) bond motifs is 1. The number of rotatable bonds is 14. The van der Waals surface area contributed by atoms with Crippen molar-refractivity contribution in [2.75, 3.05) is 19.8 Å². The highest BCUT2D eigenvalue weighted by Crippen LogP contribution is 2.23. The fraction of sp³-hybridized carbons (Fsp3) is 0.333. The molecule has 0 unspecified atom stereocenters. The van der Waals surface area contributed by atoms with Crippen LogP contribution in [-0.2, 0) is 26.1 Å². The molecule has 2 N–H and O–H groups in total. The minimum Gasteiger partial charge on any atom is -0.494 e. The average Bonchev–Trinajstić information content (AvgIpc) is 3.34. The topological polar surface area (TPSA) is 66.1 Å². The van der Waals surface area contributed by atoms with E-state index < -0.39 is 0 Å². The van der Waals surface area contributed by atoms with Gasteiger partial charge in [0.05, 0.1) is 19.8 Å². The average molecular weight is 474 g/mol. The third-order valence-corrected chi connectivity index (χ3v) is 6.17. The molecule has 5 heteroatoms. The summed E-state index contributed by atoms with van der Waals surface area (Å²) in [5, 5.41) is 21.0. The van der Waals surface area contributed by atoms with E-state index in [0.717, 1.165) is 42.8 Å². The van der Waals surface area contributed by atoms with E-state index in [1.807, 2.05) is 12.1 Å². The molecule has 1 aromatic heterocycles. The first-order chi connectivity index (χ1) is 17.2. The number of unbranched alkanes of at least 4 members (excludes halogenated alkanes) is 2. The number of aryl methyl sites for hydroxylation is 1. The third-order valence-electron chi connectivity index (χ3n) is 6.17. The molecule has 0 aliphatic carbocycles. The molecule has 1 heterocycles. The summed E-state index contributed by atoms with van der Waals surface area (Å²) in [6, 6.07) is 27.0. The van der Waals surface area contributed by atoms with Crippen molar-refractivity contribution in [1.82, 2.24) is 4.90 Å². The summed E-state index contributed by atoms with van der Waals surface area (Å²) >= 11 is 0. The number of nitrogens with zero attached hydrogens (tertiary/aromatic N) is 1. The predicted octanol–water partition coefficient (Wildman–Crippen LogP) is 5.71. The van der Waals surface area contributed by atoms with Gasteiger partial charge >= 0.3 is 0 Å². The van der Waals surface area contributed by atoms with E-state index in [-0.39, 0.29) is 13.2 Å². The fourth-order valence-electron chi connectivity index (χ4n) is 4.33. The maximum absolute atomic E-state index is 9.49. The lowest BCUT2D eigenvalue weighted by Gasteiger charge is -2.20. The van der Waals surface area contributed by atoms with Crippen LogP contribution in [0.5, 0.6) is 5.75 Å². The highest BCUT2D eigenvalue weighted by molar-refractivity contribution is 5.84. The second kappa shape index (κ2) is 13.1. The van der Waals surface area contributed by atoms with Crippen LogP contribution in [0.1, 0.15) is 41.9 Å². The largest absolute Gasteiger partial charge is 0.494 e. The van der Waals surface area contributed by atoms with Crippen molar-refractivity contribution in [3.05, 3.63) is 102 Å². The van der Waals surface area contributed by atoms with Crippen molar-refractivity contribution in [2.24, 2.45) is 0 Å². The highest BCUT2D eigenvalue weighted by atomic mass is 16.5. The molecule has 0 aliphatic heterocycles. The molecule has 0 saturated carbocycles. The number of benzene rings is 3. The Morgan fingerprint density at radius 2 is 1.51 bits per heavy atom. The zero-order valence-electron chi connectivity index (χ0n) is 20.2. The Hall–Kier alpha value is -3.12. The molecule has 0 radical (unpaired) electrons. The number of aliphatic hydroxyl groups excluding tert-OH is 2. The Bertz CT molecular complexity index is 1170. The van der Waals surface area contributed by atoms with Gasteiger partial charge in [0.15, 0.2) is 0 Å². The normalized spacial score (nSPS) is 11.4. The van der Waals surface area contributed by atoms with E-state index >= 15 is 0 Å². The number of hydrogen-bond acceptors (Lipinski definition) is 5. The Morgan fingerprint density at radius 3 is 2.31 bits per heavy atom. The van der Waals surface area contributed by atoms with Crippen LogP contribution in [0, 0.1) is 0 Å². The van der Waals surface area contributed by atoms with Gasteiger partial charge in [-0.25, -0.2) is 0 Å². The lowest BCUT2D eigenvalue weighted by atomic mass is 10.1. The van der Waals surface area contributed by atoms with Crippen molar-refractivity contribution in [3.63, 3.8) is 0 Å². The van der Waals surface area contributed by atoms with Crippen LogP contribution in [0.25, 0.3) is 10.8 Å². The van der Waals surface area contributed by atoms with Gasteiger partial charge in [-0.3, -0.25) is 4.90 Å². The van der Waals surface area contributed by atoms with Crippen LogP contribution in [0.15, 0.2) is 83.3 Å². The summed E-state index contributed by atoms with van der Waals surface area (Å²) in [6.07, 6.45) is 4.53. The first-order valence-corrected chi connectivity index (χ1v) is 12.4. The Kier molecular flexibility index (Phi) is 9.35. The van der Waals surface area contributed by atoms with Gasteiger partial charge in [0.2, 0.25) is 0 Å². The van der Waals surface area contributed by atoms with Crippen molar-refractivity contribution < 1.29 is 19.4 Å². The maximum atomic E-state index is 9.49. The maximum Gasteiger partial charge on any atom is 0.129 e. The number of furan rings is 1. The second-order valence-corrected chi connectivity index (χ2v) is 8.95. The van der Waals surface area contributed by atoms with Crippen molar-refractivity contribution in [2.45, 2.75) is 45.4 Å². The van der Waals surface area contributed by atoms with E-state index in [4.69, 9.17) is 9.15 Å². The van der Waals surface area contributed by atoms with E-state index in [2.05, 4.69) is 65.6 Å². The zero-order valence-corrected chi connectivity index (χ0v) is 20.2. The summed E-state index contributed by atoms with van der Waals surface area (Å²) in [7, 11) is 0. The first-order valence-electron chi connectivity index (χ1n) is 12.4. The molecule has 5 nitrogen and oxygen atoms in total. The van der Waals surface area contributed by atoms with Gasteiger partial charge in [-0.1, -0.05) is 48.5 Å². The number of aliphatic hydroxyl groups is 2. The minimum absolute atomic E-state index is 0.0775. The van der Waals surface area contributed by atoms with Gasteiger partial charge in [0.25, 0.3) is 0 Å². The van der Waals surface area contributed by atoms with Crippen LogP contribution in [0.3, 0.4) is 0 Å². The number of ether oxygens (including phenoxy) is 1. The van der Waals surface area contributed by atoms with Crippen LogP contribution >= 0.6 is 0 Å². The molecule has 3 aromatic carbocycles. The van der Waals surface area contributed by atoms with Gasteiger partial charge in [0, 0.05) is 13.1 Å². The fourth-order valence-corrected chi connectivity index (χ4v) is 4.33. The monoisotopic (exact) mass is 473 g/mol. The Balaban J connectivity index is 1.27. The number of hydrogen-bond donors (Lipinski definition) is 2. The summed E-state index contributed by atoms with van der Waals surface area (Å²) in [5.74, 6) is 2.25. The van der Waals surface area contributed by atoms with E-state index in [1.165, 1.54) is 22.9 Å². The van der Waals surface area contributed by atoms with Gasteiger partial charge < -0.3 is 19.4 Å². The molecule has 0 spiro atoms. The lowest BCUT2D eigenvalue weighted by molar-refractivity contribution is 0.170.